The van der Waals surface area contributed by atoms with Crippen molar-refractivity contribution in [3.05, 3.63) is 29.8 Å². The van der Waals surface area contributed by atoms with E-state index in [1.807, 2.05) is 0 Å². The molecule has 0 radical (unpaired) electrons. The van der Waals surface area contributed by atoms with Crippen molar-refractivity contribution in [1.29, 1.82) is 0 Å². The van der Waals surface area contributed by atoms with E-state index in [9.17, 15) is 18.0 Å². The predicted octanol–water partition coefficient (Wildman–Crippen LogP) is 4.47. The number of halogens is 3. The molecule has 4 bridgehead atoms. The largest absolute Gasteiger partial charge is 0.416 e. The van der Waals surface area contributed by atoms with Crippen LogP contribution in [0.15, 0.2) is 24.3 Å². The van der Waals surface area contributed by atoms with Crippen molar-refractivity contribution in [2.75, 3.05) is 5.32 Å². The van der Waals surface area contributed by atoms with Crippen molar-refractivity contribution < 1.29 is 18.0 Å². The summed E-state index contributed by atoms with van der Waals surface area (Å²) in [5, 5.41) is 2.74. The minimum Gasteiger partial charge on any atom is -0.326 e. The number of amides is 1. The Kier molecular flexibility index (Phi) is 2.36. The molecule has 5 aliphatic carbocycles. The van der Waals surface area contributed by atoms with Crippen LogP contribution < -0.4 is 5.32 Å². The first-order chi connectivity index (χ1) is 10.2. The van der Waals surface area contributed by atoms with Gasteiger partial charge in [-0.05, 0) is 54.2 Å². The molecule has 6 rings (SSSR count). The van der Waals surface area contributed by atoms with Crippen LogP contribution in [-0.2, 0) is 11.0 Å². The lowest BCUT2D eigenvalue weighted by molar-refractivity contribution is -0.326. The van der Waals surface area contributed by atoms with Crippen LogP contribution in [0.2, 0.25) is 0 Å². The summed E-state index contributed by atoms with van der Waals surface area (Å²) >= 11 is 0. The molecule has 5 heteroatoms. The van der Waals surface area contributed by atoms with Crippen molar-refractivity contribution in [2.45, 2.75) is 39.3 Å². The average molecular weight is 309 g/mol. The fourth-order valence-electron chi connectivity index (χ4n) is 5.73. The zero-order valence-corrected chi connectivity index (χ0v) is 12.6. The molecule has 4 atom stereocenters. The van der Waals surface area contributed by atoms with Gasteiger partial charge in [-0.3, -0.25) is 4.79 Å². The summed E-state index contributed by atoms with van der Waals surface area (Å²) in [4.78, 5) is 12.7. The van der Waals surface area contributed by atoms with E-state index in [1.54, 1.807) is 0 Å². The normalized spacial score (nSPS) is 41.6. The molecule has 2 nitrogen and oxygen atoms in total. The quantitative estimate of drug-likeness (QED) is 0.858. The molecule has 22 heavy (non-hydrogen) atoms. The van der Waals surface area contributed by atoms with E-state index in [4.69, 9.17) is 0 Å². The maximum atomic E-state index is 12.8. The number of benzene rings is 1. The average Bonchev–Trinajstić information content (AvgIpc) is 2.81. The van der Waals surface area contributed by atoms with Crippen LogP contribution in [0.3, 0.4) is 0 Å². The monoisotopic (exact) mass is 309 g/mol. The van der Waals surface area contributed by atoms with Gasteiger partial charge in [0.15, 0.2) is 0 Å². The van der Waals surface area contributed by atoms with E-state index in [0.717, 1.165) is 31.4 Å². The number of nitrogens with one attached hydrogen (secondary N) is 1. The molecule has 1 N–H and O–H groups in total. The Morgan fingerprint density at radius 1 is 1.32 bits per heavy atom. The molecule has 0 aliphatic heterocycles. The van der Waals surface area contributed by atoms with Crippen molar-refractivity contribution in [1.82, 2.24) is 0 Å². The van der Waals surface area contributed by atoms with E-state index in [2.05, 4.69) is 19.2 Å². The minimum absolute atomic E-state index is 0.0242. The lowest BCUT2D eigenvalue weighted by Crippen LogP contribution is -2.81. The number of carbonyl (C=O) groups excluding carboxylic acids is 1. The molecule has 118 valence electrons. The molecule has 1 aromatic carbocycles. The van der Waals surface area contributed by atoms with Crippen molar-refractivity contribution in [3.63, 3.8) is 0 Å². The molecule has 0 heterocycles. The predicted molar refractivity (Wildman–Crippen MR) is 76.1 cm³/mol. The highest BCUT2D eigenvalue weighted by molar-refractivity contribution is 5.99. The number of rotatable bonds is 2. The van der Waals surface area contributed by atoms with Gasteiger partial charge < -0.3 is 5.32 Å². The third-order valence-corrected chi connectivity index (χ3v) is 7.04. The van der Waals surface area contributed by atoms with E-state index in [1.165, 1.54) is 12.1 Å². The first-order valence-electron chi connectivity index (χ1n) is 7.64. The molecular weight excluding hydrogens is 291 g/mol. The SMILES string of the molecule is C[C@]12CC[C@@H]3[C@]1(C)C[C@]32C(=O)Nc1cccc(C(F)(F)F)c1. The summed E-state index contributed by atoms with van der Waals surface area (Å²) in [7, 11) is 0. The van der Waals surface area contributed by atoms with Crippen molar-refractivity contribution in [3.8, 4) is 0 Å². The van der Waals surface area contributed by atoms with Crippen LogP contribution in [0.1, 0.15) is 38.7 Å². The van der Waals surface area contributed by atoms with Gasteiger partial charge in [-0.25, -0.2) is 0 Å². The third-order valence-electron chi connectivity index (χ3n) is 7.04. The summed E-state index contributed by atoms with van der Waals surface area (Å²) in [6.45, 7) is 4.40. The summed E-state index contributed by atoms with van der Waals surface area (Å²) in [6.07, 6.45) is -1.42. The molecule has 5 saturated carbocycles. The van der Waals surface area contributed by atoms with Crippen LogP contribution in [0.5, 0.6) is 0 Å². The first kappa shape index (κ1) is 14.1. The van der Waals surface area contributed by atoms with Gasteiger partial charge in [0.25, 0.3) is 0 Å². The fraction of sp³-hybridized carbons (Fsp3) is 0.588. The number of hydrogen-bond donors (Lipinski definition) is 1. The summed E-state index contributed by atoms with van der Waals surface area (Å²) in [5.41, 5.74) is -0.563. The molecular formula is C17H18F3NO. The van der Waals surface area contributed by atoms with E-state index in [0.29, 0.717) is 5.92 Å². The molecule has 0 aromatic heterocycles. The number of hydrogen-bond acceptors (Lipinski definition) is 1. The Hall–Kier alpha value is -1.52. The Balaban J connectivity index is 1.58. The number of alkyl halides is 3. The second kappa shape index (κ2) is 3.69. The van der Waals surface area contributed by atoms with Crippen molar-refractivity contribution in [2.24, 2.45) is 22.2 Å². The molecule has 0 saturated heterocycles. The number of carbonyl (C=O) groups is 1. The molecule has 1 amide bonds. The molecule has 1 aromatic rings. The number of fused-ring (bicyclic) bond motifs is 1. The van der Waals surface area contributed by atoms with Crippen LogP contribution in [0.25, 0.3) is 0 Å². The smallest absolute Gasteiger partial charge is 0.326 e. The molecule has 0 spiro atoms. The fourth-order valence-corrected chi connectivity index (χ4v) is 5.73. The Labute approximate surface area is 127 Å². The highest BCUT2D eigenvalue weighted by atomic mass is 19.4. The van der Waals surface area contributed by atoms with E-state index < -0.39 is 11.7 Å². The molecule has 0 unspecified atom stereocenters. The topological polar surface area (TPSA) is 29.1 Å². The maximum Gasteiger partial charge on any atom is 0.416 e. The highest BCUT2D eigenvalue weighted by Gasteiger charge is 2.91. The second-order valence-electron chi connectivity index (χ2n) is 7.52. The van der Waals surface area contributed by atoms with Crippen LogP contribution in [-0.4, -0.2) is 5.91 Å². The third kappa shape index (κ3) is 1.28. The van der Waals surface area contributed by atoms with Gasteiger partial charge in [0, 0.05) is 5.69 Å². The highest BCUT2D eigenvalue weighted by Crippen LogP contribution is 2.93. The Morgan fingerprint density at radius 2 is 2.05 bits per heavy atom. The van der Waals surface area contributed by atoms with Gasteiger partial charge in [-0.15, -0.1) is 0 Å². The molecule has 5 fully saturated rings. The Morgan fingerprint density at radius 3 is 2.59 bits per heavy atom. The minimum atomic E-state index is -4.39. The van der Waals surface area contributed by atoms with Gasteiger partial charge in [-0.1, -0.05) is 19.9 Å². The van der Waals surface area contributed by atoms with Crippen LogP contribution in [0.4, 0.5) is 18.9 Å². The lowest BCUT2D eigenvalue weighted by Gasteiger charge is -2.81. The van der Waals surface area contributed by atoms with Gasteiger partial charge in [0.2, 0.25) is 5.91 Å². The van der Waals surface area contributed by atoms with Crippen LogP contribution >= 0.6 is 0 Å². The zero-order valence-electron chi connectivity index (χ0n) is 12.6. The van der Waals surface area contributed by atoms with Gasteiger partial charge >= 0.3 is 6.18 Å². The van der Waals surface area contributed by atoms with Crippen LogP contribution in [0, 0.1) is 22.2 Å². The second-order valence-corrected chi connectivity index (χ2v) is 7.52. The maximum absolute atomic E-state index is 12.8. The summed E-state index contributed by atoms with van der Waals surface area (Å²) in [5.74, 6) is 0.302. The standard InChI is InChI=1S/C17H18F3NO/c1-14-9-16(12(14)6-7-15(14,16)2)13(22)21-11-5-3-4-10(8-11)17(18,19)20/h3-5,8,12H,6-7,9H2,1-2H3,(H,21,22)/t12-,14+,15+,16-/m1/s1. The molecule has 5 aliphatic rings. The zero-order chi connectivity index (χ0) is 16.0. The first-order valence-corrected chi connectivity index (χ1v) is 7.64. The van der Waals surface area contributed by atoms with E-state index in [-0.39, 0.29) is 27.8 Å². The summed E-state index contributed by atoms with van der Waals surface area (Å²) < 4.78 is 38.3. The summed E-state index contributed by atoms with van der Waals surface area (Å²) in [6, 6.07) is 4.88. The number of anilines is 1. The van der Waals surface area contributed by atoms with Gasteiger partial charge in [0.05, 0.1) is 11.0 Å². The van der Waals surface area contributed by atoms with E-state index >= 15 is 0 Å². The lowest BCUT2D eigenvalue weighted by atomic mass is 9.21. The van der Waals surface area contributed by atoms with Gasteiger partial charge in [-0.2, -0.15) is 13.2 Å². The van der Waals surface area contributed by atoms with Crippen molar-refractivity contribution >= 4 is 11.6 Å². The Bertz CT molecular complexity index is 685. The van der Waals surface area contributed by atoms with Gasteiger partial charge in [0.1, 0.15) is 0 Å².